The van der Waals surface area contributed by atoms with Crippen molar-refractivity contribution in [2.75, 3.05) is 6.79 Å². The zero-order valence-corrected chi connectivity index (χ0v) is 13.0. The first-order valence-electron chi connectivity index (χ1n) is 6.50. The third-order valence-corrected chi connectivity index (χ3v) is 3.88. The number of ether oxygens (including phenoxy) is 2. The molecule has 0 saturated heterocycles. The molecule has 4 nitrogen and oxygen atoms in total. The molecule has 0 amide bonds. The van der Waals surface area contributed by atoms with Crippen LogP contribution < -0.4 is 9.47 Å². The maximum atomic E-state index is 12.4. The highest BCUT2D eigenvalue weighted by molar-refractivity contribution is 9.10. The normalized spacial score (nSPS) is 12.8. The number of ketones is 1. The molecule has 0 N–H and O–H groups in total. The Kier molecular flexibility index (Phi) is 3.94. The Morgan fingerprint density at radius 2 is 1.86 bits per heavy atom. The van der Waals surface area contributed by atoms with Crippen molar-refractivity contribution in [3.05, 3.63) is 63.6 Å². The molecule has 2 aromatic rings. The molecule has 0 spiro atoms. The van der Waals surface area contributed by atoms with Crippen LogP contribution in [0, 0.1) is 11.3 Å². The number of benzene rings is 2. The molecule has 5 heteroatoms. The molecule has 0 aromatic heterocycles. The lowest BCUT2D eigenvalue weighted by molar-refractivity contribution is 0.104. The Balaban J connectivity index is 1.99. The van der Waals surface area contributed by atoms with E-state index >= 15 is 0 Å². The summed E-state index contributed by atoms with van der Waals surface area (Å²) >= 11 is 3.41. The number of nitrogens with zero attached hydrogens (tertiary/aromatic N) is 1. The second kappa shape index (κ2) is 6.04. The van der Waals surface area contributed by atoms with Gasteiger partial charge in [-0.05, 0) is 23.8 Å². The van der Waals surface area contributed by atoms with E-state index in [1.165, 1.54) is 0 Å². The van der Waals surface area contributed by atoms with Gasteiger partial charge in [0.15, 0.2) is 11.5 Å². The number of Topliss-reactive ketones (excluding diaryl/α,β-unsaturated/α-hetero) is 1. The number of fused-ring (bicyclic) bond motifs is 1. The van der Waals surface area contributed by atoms with E-state index in [0.29, 0.717) is 22.6 Å². The lowest BCUT2D eigenvalue weighted by atomic mass is 10.0. The predicted molar refractivity (Wildman–Crippen MR) is 84.6 cm³/mol. The number of nitriles is 1. The Labute approximate surface area is 135 Å². The van der Waals surface area contributed by atoms with Gasteiger partial charge in [0, 0.05) is 10.0 Å². The van der Waals surface area contributed by atoms with Crippen LogP contribution in [0.3, 0.4) is 0 Å². The molecular weight excluding hydrogens is 346 g/mol. The summed E-state index contributed by atoms with van der Waals surface area (Å²) in [5, 5.41) is 9.29. The van der Waals surface area contributed by atoms with Gasteiger partial charge in [-0.1, -0.05) is 46.3 Å². The van der Waals surface area contributed by atoms with E-state index in [9.17, 15) is 10.1 Å². The van der Waals surface area contributed by atoms with Gasteiger partial charge in [-0.15, -0.1) is 0 Å². The van der Waals surface area contributed by atoms with Crippen molar-refractivity contribution >= 4 is 27.8 Å². The number of hydrogen-bond donors (Lipinski definition) is 0. The van der Waals surface area contributed by atoms with Crippen molar-refractivity contribution < 1.29 is 14.3 Å². The second-order valence-electron chi connectivity index (χ2n) is 4.59. The van der Waals surface area contributed by atoms with Crippen LogP contribution in [0.5, 0.6) is 11.5 Å². The van der Waals surface area contributed by atoms with Gasteiger partial charge in [0.1, 0.15) is 11.6 Å². The molecule has 1 aliphatic rings. The molecule has 0 unspecified atom stereocenters. The SMILES string of the molecule is N#CC(=Cc1cc2c(cc1Br)OCO2)C(=O)c1ccccc1. The Morgan fingerprint density at radius 3 is 2.55 bits per heavy atom. The quantitative estimate of drug-likeness (QED) is 0.474. The summed E-state index contributed by atoms with van der Waals surface area (Å²) in [5.74, 6) is 0.920. The van der Waals surface area contributed by atoms with Crippen molar-refractivity contribution in [2.45, 2.75) is 0 Å². The molecule has 0 saturated carbocycles. The zero-order valence-electron chi connectivity index (χ0n) is 11.4. The molecule has 0 bridgehead atoms. The maximum absolute atomic E-state index is 12.4. The average Bonchev–Trinajstić information content (AvgIpc) is 2.99. The van der Waals surface area contributed by atoms with Crippen LogP contribution >= 0.6 is 15.9 Å². The van der Waals surface area contributed by atoms with Gasteiger partial charge in [0.05, 0.1) is 0 Å². The van der Waals surface area contributed by atoms with E-state index in [1.807, 2.05) is 12.1 Å². The van der Waals surface area contributed by atoms with Gasteiger partial charge < -0.3 is 9.47 Å². The Morgan fingerprint density at radius 1 is 1.18 bits per heavy atom. The van der Waals surface area contributed by atoms with Gasteiger partial charge in [-0.3, -0.25) is 4.79 Å². The van der Waals surface area contributed by atoms with Crippen LogP contribution in [0.4, 0.5) is 0 Å². The summed E-state index contributed by atoms with van der Waals surface area (Å²) < 4.78 is 11.3. The summed E-state index contributed by atoms with van der Waals surface area (Å²) in [6.07, 6.45) is 1.54. The van der Waals surface area contributed by atoms with Crippen LogP contribution in [0.2, 0.25) is 0 Å². The van der Waals surface area contributed by atoms with Crippen molar-refractivity contribution in [3.8, 4) is 17.6 Å². The minimum absolute atomic E-state index is 0.0609. The number of allylic oxidation sites excluding steroid dienone is 1. The standard InChI is InChI=1S/C17H10BrNO3/c18-14-8-16-15(21-10-22-16)7-12(14)6-13(9-19)17(20)11-4-2-1-3-5-11/h1-8H,10H2. The molecule has 0 fully saturated rings. The van der Waals surface area contributed by atoms with Crippen molar-refractivity contribution in [1.82, 2.24) is 0 Å². The molecule has 0 aliphatic carbocycles. The summed E-state index contributed by atoms with van der Waals surface area (Å²) in [6.45, 7) is 0.170. The number of carbonyl (C=O) groups excluding carboxylic acids is 1. The number of carbonyl (C=O) groups is 1. The first kappa shape index (κ1) is 14.4. The van der Waals surface area contributed by atoms with Gasteiger partial charge in [0.2, 0.25) is 12.6 Å². The van der Waals surface area contributed by atoms with Crippen LogP contribution in [0.1, 0.15) is 15.9 Å². The van der Waals surface area contributed by atoms with E-state index in [-0.39, 0.29) is 18.1 Å². The van der Waals surface area contributed by atoms with Crippen LogP contribution in [0.15, 0.2) is 52.5 Å². The van der Waals surface area contributed by atoms with Crippen LogP contribution in [0.25, 0.3) is 6.08 Å². The van der Waals surface area contributed by atoms with Gasteiger partial charge >= 0.3 is 0 Å². The van der Waals surface area contributed by atoms with Crippen molar-refractivity contribution in [1.29, 1.82) is 5.26 Å². The molecule has 3 rings (SSSR count). The average molecular weight is 356 g/mol. The fourth-order valence-corrected chi connectivity index (χ4v) is 2.53. The molecule has 108 valence electrons. The third-order valence-electron chi connectivity index (χ3n) is 3.19. The fraction of sp³-hybridized carbons (Fsp3) is 0.0588. The summed E-state index contributed by atoms with van der Waals surface area (Å²) in [7, 11) is 0. The minimum Gasteiger partial charge on any atom is -0.454 e. The third kappa shape index (κ3) is 2.74. The monoisotopic (exact) mass is 355 g/mol. The molecule has 0 atom stereocenters. The van der Waals surface area contributed by atoms with Gasteiger partial charge in [0.25, 0.3) is 0 Å². The Bertz CT molecular complexity index is 807. The number of hydrogen-bond acceptors (Lipinski definition) is 4. The fourth-order valence-electron chi connectivity index (χ4n) is 2.09. The lowest BCUT2D eigenvalue weighted by Crippen LogP contribution is -2.01. The van der Waals surface area contributed by atoms with E-state index in [1.54, 1.807) is 42.5 Å². The molecule has 1 aliphatic heterocycles. The molecule has 0 radical (unpaired) electrons. The predicted octanol–water partition coefficient (Wildman–Crippen LogP) is 3.97. The summed E-state index contributed by atoms with van der Waals surface area (Å²) in [6, 6.07) is 14.2. The zero-order chi connectivity index (χ0) is 15.5. The number of rotatable bonds is 3. The largest absolute Gasteiger partial charge is 0.454 e. The number of halogens is 1. The minimum atomic E-state index is -0.312. The molecule has 1 heterocycles. The highest BCUT2D eigenvalue weighted by Crippen LogP contribution is 2.37. The van der Waals surface area contributed by atoms with Crippen molar-refractivity contribution in [3.63, 3.8) is 0 Å². The topological polar surface area (TPSA) is 59.3 Å². The lowest BCUT2D eigenvalue weighted by Gasteiger charge is -2.03. The van der Waals surface area contributed by atoms with E-state index < -0.39 is 0 Å². The van der Waals surface area contributed by atoms with E-state index in [4.69, 9.17) is 9.47 Å². The smallest absolute Gasteiger partial charge is 0.231 e. The summed E-state index contributed by atoms with van der Waals surface area (Å²) in [5.41, 5.74) is 1.23. The second-order valence-corrected chi connectivity index (χ2v) is 5.45. The highest BCUT2D eigenvalue weighted by atomic mass is 79.9. The first-order chi connectivity index (χ1) is 10.7. The van der Waals surface area contributed by atoms with Gasteiger partial charge in [-0.25, -0.2) is 0 Å². The highest BCUT2D eigenvalue weighted by Gasteiger charge is 2.17. The summed E-state index contributed by atoms with van der Waals surface area (Å²) in [4.78, 5) is 12.4. The van der Waals surface area contributed by atoms with Crippen LogP contribution in [-0.4, -0.2) is 12.6 Å². The Hall–Kier alpha value is -2.58. The van der Waals surface area contributed by atoms with E-state index in [0.717, 1.165) is 4.47 Å². The van der Waals surface area contributed by atoms with Crippen LogP contribution in [-0.2, 0) is 0 Å². The van der Waals surface area contributed by atoms with E-state index in [2.05, 4.69) is 15.9 Å². The maximum Gasteiger partial charge on any atom is 0.231 e. The molecular formula is C17H10BrNO3. The molecule has 2 aromatic carbocycles. The van der Waals surface area contributed by atoms with Gasteiger partial charge in [-0.2, -0.15) is 5.26 Å². The van der Waals surface area contributed by atoms with Crippen molar-refractivity contribution in [2.24, 2.45) is 0 Å². The first-order valence-corrected chi connectivity index (χ1v) is 7.29. The molecule has 22 heavy (non-hydrogen) atoms.